The molecule has 0 spiro atoms. The summed E-state index contributed by atoms with van der Waals surface area (Å²) < 4.78 is 24.4. The van der Waals surface area contributed by atoms with Crippen LogP contribution in [-0.4, -0.2) is 27.1 Å². The Hall–Kier alpha value is -1.40. The van der Waals surface area contributed by atoms with Crippen LogP contribution in [0, 0.1) is 5.92 Å². The predicted octanol–water partition coefficient (Wildman–Crippen LogP) is 1.97. The monoisotopic (exact) mass is 324 g/mol. The Labute approximate surface area is 132 Å². The van der Waals surface area contributed by atoms with E-state index in [1.54, 1.807) is 0 Å². The SMILES string of the molecule is CS(=O)(=O)NCC(=O)N[C@H](c1ccccc1)C1CCCCC1. The molecular formula is C16H24N2O3S. The van der Waals surface area contributed by atoms with Crippen LogP contribution >= 0.6 is 0 Å². The topological polar surface area (TPSA) is 75.3 Å². The summed E-state index contributed by atoms with van der Waals surface area (Å²) in [6, 6.07) is 9.87. The second-order valence-corrected chi connectivity index (χ2v) is 7.78. The molecule has 0 saturated heterocycles. The molecule has 1 aromatic rings. The minimum Gasteiger partial charge on any atom is -0.348 e. The number of amides is 1. The summed E-state index contributed by atoms with van der Waals surface area (Å²) in [5.41, 5.74) is 1.09. The Bertz CT molecular complexity index is 581. The highest BCUT2D eigenvalue weighted by Gasteiger charge is 2.26. The summed E-state index contributed by atoms with van der Waals surface area (Å²) in [6.45, 7) is -0.213. The van der Waals surface area contributed by atoms with Crippen molar-refractivity contribution >= 4 is 15.9 Å². The van der Waals surface area contributed by atoms with Gasteiger partial charge in [0.2, 0.25) is 15.9 Å². The van der Waals surface area contributed by atoms with Gasteiger partial charge in [-0.3, -0.25) is 4.79 Å². The van der Waals surface area contributed by atoms with Crippen molar-refractivity contribution in [2.75, 3.05) is 12.8 Å². The molecule has 0 bridgehead atoms. The molecule has 0 aliphatic heterocycles. The smallest absolute Gasteiger partial charge is 0.235 e. The number of sulfonamides is 1. The highest BCUT2D eigenvalue weighted by Crippen LogP contribution is 2.34. The van der Waals surface area contributed by atoms with E-state index in [9.17, 15) is 13.2 Å². The van der Waals surface area contributed by atoms with Crippen molar-refractivity contribution < 1.29 is 13.2 Å². The Morgan fingerprint density at radius 3 is 2.41 bits per heavy atom. The third kappa shape index (κ3) is 5.42. The fourth-order valence-corrected chi connectivity index (χ4v) is 3.42. The van der Waals surface area contributed by atoms with E-state index in [0.29, 0.717) is 5.92 Å². The average molecular weight is 324 g/mol. The lowest BCUT2D eigenvalue weighted by molar-refractivity contribution is -0.121. The lowest BCUT2D eigenvalue weighted by Gasteiger charge is -2.31. The van der Waals surface area contributed by atoms with Crippen LogP contribution in [0.3, 0.4) is 0 Å². The minimum absolute atomic E-state index is 0.0460. The molecule has 0 unspecified atom stereocenters. The van der Waals surface area contributed by atoms with Gasteiger partial charge in [0.25, 0.3) is 0 Å². The molecule has 122 valence electrons. The Morgan fingerprint density at radius 1 is 1.18 bits per heavy atom. The fraction of sp³-hybridized carbons (Fsp3) is 0.562. The standard InChI is InChI=1S/C16H24N2O3S/c1-22(20,21)17-12-15(19)18-16(13-8-4-2-5-9-13)14-10-6-3-7-11-14/h2,4-5,8-9,14,16-17H,3,6-7,10-12H2,1H3,(H,18,19)/t16-/m1/s1. The largest absolute Gasteiger partial charge is 0.348 e. The van der Waals surface area contributed by atoms with Gasteiger partial charge < -0.3 is 5.32 Å². The molecule has 0 heterocycles. The lowest BCUT2D eigenvalue weighted by atomic mass is 9.81. The van der Waals surface area contributed by atoms with Crippen molar-refractivity contribution in [2.45, 2.75) is 38.1 Å². The molecule has 1 amide bonds. The second-order valence-electron chi connectivity index (χ2n) is 5.95. The highest BCUT2D eigenvalue weighted by molar-refractivity contribution is 7.88. The molecule has 5 nitrogen and oxygen atoms in total. The normalized spacial score (nSPS) is 17.9. The first kappa shape index (κ1) is 17.0. The molecule has 1 aromatic carbocycles. The van der Waals surface area contributed by atoms with Gasteiger partial charge in [-0.2, -0.15) is 0 Å². The van der Waals surface area contributed by atoms with Crippen LogP contribution in [0.25, 0.3) is 0 Å². The van der Waals surface area contributed by atoms with E-state index in [4.69, 9.17) is 0 Å². The van der Waals surface area contributed by atoms with Crippen molar-refractivity contribution in [3.05, 3.63) is 35.9 Å². The molecule has 0 aromatic heterocycles. The zero-order chi connectivity index (χ0) is 16.0. The van der Waals surface area contributed by atoms with Crippen LogP contribution in [0.5, 0.6) is 0 Å². The van der Waals surface area contributed by atoms with Gasteiger partial charge in [-0.25, -0.2) is 13.1 Å². The van der Waals surface area contributed by atoms with Gasteiger partial charge in [0.05, 0.1) is 18.8 Å². The summed E-state index contributed by atoms with van der Waals surface area (Å²) in [4.78, 5) is 12.1. The van der Waals surface area contributed by atoms with Gasteiger partial charge in [0, 0.05) is 0 Å². The van der Waals surface area contributed by atoms with Gasteiger partial charge in [-0.05, 0) is 24.3 Å². The van der Waals surface area contributed by atoms with E-state index in [2.05, 4.69) is 10.0 Å². The maximum absolute atomic E-state index is 12.1. The van der Waals surface area contributed by atoms with Crippen molar-refractivity contribution in [2.24, 2.45) is 5.92 Å². The van der Waals surface area contributed by atoms with Crippen molar-refractivity contribution in [3.8, 4) is 0 Å². The minimum atomic E-state index is -3.36. The van der Waals surface area contributed by atoms with Gasteiger partial charge in [0.15, 0.2) is 0 Å². The summed E-state index contributed by atoms with van der Waals surface area (Å²) >= 11 is 0. The first-order chi connectivity index (χ1) is 10.5. The van der Waals surface area contributed by atoms with Crippen LogP contribution < -0.4 is 10.0 Å². The van der Waals surface area contributed by atoms with E-state index in [1.165, 1.54) is 19.3 Å². The van der Waals surface area contributed by atoms with Crippen molar-refractivity contribution in [1.29, 1.82) is 0 Å². The molecule has 0 radical (unpaired) electrons. The van der Waals surface area contributed by atoms with Crippen LogP contribution in [-0.2, 0) is 14.8 Å². The van der Waals surface area contributed by atoms with E-state index in [1.807, 2.05) is 30.3 Å². The highest BCUT2D eigenvalue weighted by atomic mass is 32.2. The number of carbonyl (C=O) groups is 1. The Balaban J connectivity index is 2.06. The predicted molar refractivity (Wildman–Crippen MR) is 86.7 cm³/mol. The van der Waals surface area contributed by atoms with Crippen molar-refractivity contribution in [3.63, 3.8) is 0 Å². The molecular weight excluding hydrogens is 300 g/mol. The molecule has 1 atom stereocenters. The average Bonchev–Trinajstić information content (AvgIpc) is 2.52. The summed E-state index contributed by atoms with van der Waals surface area (Å²) in [6.07, 6.45) is 6.87. The molecule has 22 heavy (non-hydrogen) atoms. The quantitative estimate of drug-likeness (QED) is 0.840. The van der Waals surface area contributed by atoms with Gasteiger partial charge in [-0.15, -0.1) is 0 Å². The molecule has 6 heteroatoms. The summed E-state index contributed by atoms with van der Waals surface area (Å²) in [5, 5.41) is 3.01. The lowest BCUT2D eigenvalue weighted by Crippen LogP contribution is -2.40. The molecule has 1 aliphatic carbocycles. The van der Waals surface area contributed by atoms with Crippen LogP contribution in [0.1, 0.15) is 43.7 Å². The van der Waals surface area contributed by atoms with Crippen LogP contribution in [0.2, 0.25) is 0 Å². The Morgan fingerprint density at radius 2 is 1.82 bits per heavy atom. The number of nitrogens with one attached hydrogen (secondary N) is 2. The van der Waals surface area contributed by atoms with Gasteiger partial charge >= 0.3 is 0 Å². The van der Waals surface area contributed by atoms with Crippen LogP contribution in [0.4, 0.5) is 0 Å². The molecule has 1 saturated carbocycles. The van der Waals surface area contributed by atoms with E-state index < -0.39 is 10.0 Å². The number of benzene rings is 1. The molecule has 2 rings (SSSR count). The summed E-state index contributed by atoms with van der Waals surface area (Å²) in [7, 11) is -3.36. The van der Waals surface area contributed by atoms with E-state index in [-0.39, 0.29) is 18.5 Å². The van der Waals surface area contributed by atoms with Crippen LogP contribution in [0.15, 0.2) is 30.3 Å². The second kappa shape index (κ2) is 7.74. The number of hydrogen-bond acceptors (Lipinski definition) is 3. The van der Waals surface area contributed by atoms with E-state index in [0.717, 1.165) is 24.7 Å². The number of rotatable bonds is 6. The Kier molecular flexibility index (Phi) is 5.97. The zero-order valence-electron chi connectivity index (χ0n) is 12.9. The third-order valence-electron chi connectivity index (χ3n) is 4.09. The first-order valence-electron chi connectivity index (χ1n) is 7.74. The zero-order valence-corrected chi connectivity index (χ0v) is 13.7. The summed E-state index contributed by atoms with van der Waals surface area (Å²) in [5.74, 6) is 0.128. The van der Waals surface area contributed by atoms with Gasteiger partial charge in [0.1, 0.15) is 0 Å². The maximum atomic E-state index is 12.1. The maximum Gasteiger partial charge on any atom is 0.235 e. The van der Waals surface area contributed by atoms with Crippen molar-refractivity contribution in [1.82, 2.24) is 10.0 Å². The van der Waals surface area contributed by atoms with Gasteiger partial charge in [-0.1, -0.05) is 49.6 Å². The molecule has 2 N–H and O–H groups in total. The molecule has 1 aliphatic rings. The third-order valence-corrected chi connectivity index (χ3v) is 4.76. The number of carbonyl (C=O) groups excluding carboxylic acids is 1. The molecule has 1 fully saturated rings. The fourth-order valence-electron chi connectivity index (χ4n) is 3.02. The van der Waals surface area contributed by atoms with E-state index >= 15 is 0 Å². The first-order valence-corrected chi connectivity index (χ1v) is 9.64. The number of hydrogen-bond donors (Lipinski definition) is 2.